The molecule has 1 saturated heterocycles. The Hall–Kier alpha value is -3.23. The van der Waals surface area contributed by atoms with Gasteiger partial charge in [-0.05, 0) is 24.6 Å². The highest BCUT2D eigenvalue weighted by molar-refractivity contribution is 5.87. The van der Waals surface area contributed by atoms with Gasteiger partial charge in [-0.25, -0.2) is 4.79 Å². The number of hydrogen-bond acceptors (Lipinski definition) is 5. The lowest BCUT2D eigenvalue weighted by atomic mass is 10.0. The normalized spacial score (nSPS) is 15.5. The van der Waals surface area contributed by atoms with E-state index in [1.54, 1.807) is 31.2 Å². The van der Waals surface area contributed by atoms with E-state index in [1.165, 1.54) is 9.13 Å². The molecule has 1 aromatic heterocycles. The van der Waals surface area contributed by atoms with E-state index in [4.69, 9.17) is 4.74 Å². The Bertz CT molecular complexity index is 1200. The number of morpholine rings is 1. The zero-order chi connectivity index (χ0) is 22.5. The van der Waals surface area contributed by atoms with Gasteiger partial charge in [-0.3, -0.25) is 23.6 Å². The summed E-state index contributed by atoms with van der Waals surface area (Å²) in [5, 5.41) is 3.42. The molecule has 1 aliphatic rings. The Morgan fingerprint density at radius 2 is 1.72 bits per heavy atom. The maximum atomic E-state index is 13.5. The number of fused-ring (bicyclic) bond motifs is 1. The molecule has 4 rings (SSSR count). The van der Waals surface area contributed by atoms with Crippen molar-refractivity contribution in [3.63, 3.8) is 0 Å². The number of carbonyl (C=O) groups is 1. The van der Waals surface area contributed by atoms with Gasteiger partial charge in [0.2, 0.25) is 5.91 Å². The minimum atomic E-state index is -0.892. The SMILES string of the molecule is CCn1c(=O)c2ccccc2n([C@H](C(=O)NCCN2CCOCC2)c2ccccc2)c1=O. The van der Waals surface area contributed by atoms with E-state index in [-0.39, 0.29) is 18.0 Å². The van der Waals surface area contributed by atoms with E-state index in [1.807, 2.05) is 30.3 Å². The maximum Gasteiger partial charge on any atom is 0.332 e. The molecule has 1 aliphatic heterocycles. The first-order chi connectivity index (χ1) is 15.6. The van der Waals surface area contributed by atoms with Crippen molar-refractivity contribution in [3.8, 4) is 0 Å². The van der Waals surface area contributed by atoms with Gasteiger partial charge in [-0.2, -0.15) is 0 Å². The second-order valence-corrected chi connectivity index (χ2v) is 7.78. The van der Waals surface area contributed by atoms with E-state index >= 15 is 0 Å². The lowest BCUT2D eigenvalue weighted by molar-refractivity contribution is -0.123. The number of para-hydroxylation sites is 1. The van der Waals surface area contributed by atoms with E-state index in [9.17, 15) is 14.4 Å². The van der Waals surface area contributed by atoms with Crippen molar-refractivity contribution < 1.29 is 9.53 Å². The fraction of sp³-hybridized carbons (Fsp3) is 0.375. The molecule has 3 aromatic rings. The van der Waals surface area contributed by atoms with Crippen molar-refractivity contribution >= 4 is 16.8 Å². The van der Waals surface area contributed by atoms with Crippen molar-refractivity contribution in [3.05, 3.63) is 81.0 Å². The third-order valence-corrected chi connectivity index (χ3v) is 5.85. The van der Waals surface area contributed by atoms with Crippen LogP contribution in [0.2, 0.25) is 0 Å². The molecular formula is C24H28N4O4. The molecule has 1 amide bonds. The highest BCUT2D eigenvalue weighted by Gasteiger charge is 2.27. The second kappa shape index (κ2) is 9.93. The predicted octanol–water partition coefficient (Wildman–Crippen LogP) is 1.22. The van der Waals surface area contributed by atoms with Crippen molar-refractivity contribution in [2.75, 3.05) is 39.4 Å². The standard InChI is InChI=1S/C24H28N4O4/c1-2-27-23(30)19-10-6-7-11-20(19)28(24(27)31)21(18-8-4-3-5-9-18)22(29)25-12-13-26-14-16-32-17-15-26/h3-11,21H,2,12-17H2,1H3,(H,25,29)/t21-/m0/s1. The maximum absolute atomic E-state index is 13.5. The number of carbonyl (C=O) groups excluding carboxylic acids is 1. The van der Waals surface area contributed by atoms with E-state index in [0.29, 0.717) is 42.8 Å². The van der Waals surface area contributed by atoms with Crippen LogP contribution >= 0.6 is 0 Å². The fourth-order valence-electron chi connectivity index (χ4n) is 4.17. The smallest absolute Gasteiger partial charge is 0.332 e. The molecule has 168 valence electrons. The first-order valence-electron chi connectivity index (χ1n) is 11.0. The van der Waals surface area contributed by atoms with Crippen LogP contribution in [0, 0.1) is 0 Å². The number of benzene rings is 2. The molecule has 8 heteroatoms. The van der Waals surface area contributed by atoms with Gasteiger partial charge < -0.3 is 10.1 Å². The summed E-state index contributed by atoms with van der Waals surface area (Å²) in [6.07, 6.45) is 0. The summed E-state index contributed by atoms with van der Waals surface area (Å²) >= 11 is 0. The molecule has 0 spiro atoms. The molecule has 2 aromatic carbocycles. The average molecular weight is 437 g/mol. The van der Waals surface area contributed by atoms with Gasteiger partial charge in [0.05, 0.1) is 24.1 Å². The monoisotopic (exact) mass is 436 g/mol. The molecule has 1 atom stereocenters. The number of ether oxygens (including phenoxy) is 1. The van der Waals surface area contributed by atoms with Crippen LogP contribution in [0.1, 0.15) is 18.5 Å². The topological polar surface area (TPSA) is 85.6 Å². The van der Waals surface area contributed by atoms with E-state index in [2.05, 4.69) is 10.2 Å². The zero-order valence-corrected chi connectivity index (χ0v) is 18.2. The van der Waals surface area contributed by atoms with Gasteiger partial charge in [0.25, 0.3) is 5.56 Å². The van der Waals surface area contributed by atoms with Gasteiger partial charge in [0.1, 0.15) is 6.04 Å². The molecule has 8 nitrogen and oxygen atoms in total. The van der Waals surface area contributed by atoms with E-state index in [0.717, 1.165) is 13.1 Å². The molecule has 0 saturated carbocycles. The van der Waals surface area contributed by atoms with Crippen LogP contribution < -0.4 is 16.6 Å². The second-order valence-electron chi connectivity index (χ2n) is 7.78. The number of nitrogens with one attached hydrogen (secondary N) is 1. The molecule has 0 aliphatic carbocycles. The Kier molecular flexibility index (Phi) is 6.82. The summed E-state index contributed by atoms with van der Waals surface area (Å²) in [6.45, 7) is 6.21. The van der Waals surface area contributed by atoms with Crippen LogP contribution in [0.15, 0.2) is 64.2 Å². The van der Waals surface area contributed by atoms with Gasteiger partial charge in [0, 0.05) is 32.7 Å². The van der Waals surface area contributed by atoms with Crippen molar-refractivity contribution in [2.24, 2.45) is 0 Å². The average Bonchev–Trinajstić information content (AvgIpc) is 2.83. The van der Waals surface area contributed by atoms with Crippen LogP contribution in [0.25, 0.3) is 10.9 Å². The number of aromatic nitrogens is 2. The molecule has 0 unspecified atom stereocenters. The number of amides is 1. The van der Waals surface area contributed by atoms with Gasteiger partial charge >= 0.3 is 5.69 Å². The summed E-state index contributed by atoms with van der Waals surface area (Å²) < 4.78 is 8.00. The zero-order valence-electron chi connectivity index (χ0n) is 18.2. The molecule has 2 heterocycles. The quantitative estimate of drug-likeness (QED) is 0.602. The first kappa shape index (κ1) is 22.0. The molecule has 1 N–H and O–H groups in total. The summed E-state index contributed by atoms with van der Waals surface area (Å²) in [7, 11) is 0. The Morgan fingerprint density at radius 1 is 1.03 bits per heavy atom. The van der Waals surface area contributed by atoms with Crippen LogP contribution in [0.3, 0.4) is 0 Å². The Morgan fingerprint density at radius 3 is 2.44 bits per heavy atom. The van der Waals surface area contributed by atoms with Gasteiger partial charge in [0.15, 0.2) is 0 Å². The highest BCUT2D eigenvalue weighted by Crippen LogP contribution is 2.21. The predicted molar refractivity (Wildman–Crippen MR) is 123 cm³/mol. The summed E-state index contributed by atoms with van der Waals surface area (Å²) in [4.78, 5) is 41.9. The third-order valence-electron chi connectivity index (χ3n) is 5.85. The highest BCUT2D eigenvalue weighted by atomic mass is 16.5. The molecular weight excluding hydrogens is 408 g/mol. The van der Waals surface area contributed by atoms with Crippen molar-refractivity contribution in [1.29, 1.82) is 0 Å². The molecule has 0 bridgehead atoms. The lowest BCUT2D eigenvalue weighted by Gasteiger charge is -2.27. The largest absolute Gasteiger partial charge is 0.379 e. The number of rotatable bonds is 7. The molecule has 0 radical (unpaired) electrons. The summed E-state index contributed by atoms with van der Waals surface area (Å²) in [6, 6.07) is 15.3. The Labute approximate surface area is 186 Å². The fourth-order valence-corrected chi connectivity index (χ4v) is 4.17. The van der Waals surface area contributed by atoms with Crippen LogP contribution in [0.5, 0.6) is 0 Å². The summed E-state index contributed by atoms with van der Waals surface area (Å²) in [5.41, 5.74) is 0.298. The Balaban J connectivity index is 1.75. The van der Waals surface area contributed by atoms with Crippen LogP contribution in [0.4, 0.5) is 0 Å². The molecule has 32 heavy (non-hydrogen) atoms. The molecule has 1 fully saturated rings. The van der Waals surface area contributed by atoms with Gasteiger partial charge in [-0.15, -0.1) is 0 Å². The lowest BCUT2D eigenvalue weighted by Crippen LogP contribution is -2.47. The van der Waals surface area contributed by atoms with Crippen molar-refractivity contribution in [2.45, 2.75) is 19.5 Å². The van der Waals surface area contributed by atoms with Crippen LogP contribution in [-0.4, -0.2) is 59.3 Å². The third kappa shape index (κ3) is 4.37. The minimum absolute atomic E-state index is 0.225. The van der Waals surface area contributed by atoms with Gasteiger partial charge in [-0.1, -0.05) is 42.5 Å². The number of nitrogens with zero attached hydrogens (tertiary/aromatic N) is 3. The number of hydrogen-bond donors (Lipinski definition) is 1. The van der Waals surface area contributed by atoms with Crippen LogP contribution in [-0.2, 0) is 16.1 Å². The summed E-state index contributed by atoms with van der Waals surface area (Å²) in [5.74, 6) is -0.280. The van der Waals surface area contributed by atoms with Crippen molar-refractivity contribution in [1.82, 2.24) is 19.4 Å². The van der Waals surface area contributed by atoms with E-state index < -0.39 is 11.7 Å². The minimum Gasteiger partial charge on any atom is -0.379 e. The first-order valence-corrected chi connectivity index (χ1v) is 11.0.